The van der Waals surface area contributed by atoms with Crippen LogP contribution in [0, 0.1) is 0 Å². The number of aliphatic carboxylic acids is 1. The van der Waals surface area contributed by atoms with Crippen LogP contribution in [0.15, 0.2) is 12.3 Å². The Morgan fingerprint density at radius 3 is 2.75 bits per heavy atom. The fraction of sp³-hybridized carbons (Fsp3) is 0.571. The lowest BCUT2D eigenvalue weighted by Gasteiger charge is -2.08. The summed E-state index contributed by atoms with van der Waals surface area (Å²) in [4.78, 5) is 22.4. The number of carbonyl (C=O) groups excluding carboxylic acids is 1. The highest BCUT2D eigenvalue weighted by atomic mass is 35.5. The van der Waals surface area contributed by atoms with Crippen LogP contribution in [-0.4, -0.2) is 28.1 Å². The maximum atomic E-state index is 12.0. The molecule has 0 aliphatic rings. The number of carbonyl (C=O) groups is 2. The molecule has 1 rings (SSSR count). The molecule has 1 heterocycles. The number of nitrogens with one attached hydrogen (secondary N) is 1. The summed E-state index contributed by atoms with van der Waals surface area (Å²) in [5, 5.41) is 11.9. The van der Waals surface area contributed by atoms with E-state index in [1.165, 1.54) is 0 Å². The van der Waals surface area contributed by atoms with E-state index in [0.717, 1.165) is 25.8 Å². The van der Waals surface area contributed by atoms with E-state index in [1.54, 1.807) is 12.3 Å². The minimum Gasteiger partial charge on any atom is -0.481 e. The average molecular weight is 301 g/mol. The Morgan fingerprint density at radius 2 is 2.10 bits per heavy atom. The predicted molar refractivity (Wildman–Crippen MR) is 78.2 cm³/mol. The summed E-state index contributed by atoms with van der Waals surface area (Å²) in [5.74, 6) is -0.912. The van der Waals surface area contributed by atoms with Crippen molar-refractivity contribution in [1.82, 2.24) is 9.88 Å². The number of hydrogen-bond acceptors (Lipinski definition) is 2. The molecule has 1 aromatic rings. The number of carboxylic acids is 1. The number of nitrogens with zero attached hydrogens (tertiary/aromatic N) is 1. The molecular formula is C14H21ClN2O3. The van der Waals surface area contributed by atoms with Crippen molar-refractivity contribution in [3.8, 4) is 0 Å². The van der Waals surface area contributed by atoms with Crippen molar-refractivity contribution < 1.29 is 14.7 Å². The molecule has 2 N–H and O–H groups in total. The maximum Gasteiger partial charge on any atom is 0.303 e. The number of rotatable bonds is 9. The van der Waals surface area contributed by atoms with E-state index in [4.69, 9.17) is 16.7 Å². The van der Waals surface area contributed by atoms with Gasteiger partial charge in [0.15, 0.2) is 0 Å². The lowest BCUT2D eigenvalue weighted by atomic mass is 10.2. The first-order valence-electron chi connectivity index (χ1n) is 6.90. The fourth-order valence-electron chi connectivity index (χ4n) is 1.96. The number of amides is 1. The van der Waals surface area contributed by atoms with Gasteiger partial charge in [0.2, 0.25) is 0 Å². The monoisotopic (exact) mass is 300 g/mol. The van der Waals surface area contributed by atoms with Gasteiger partial charge < -0.3 is 15.0 Å². The van der Waals surface area contributed by atoms with Gasteiger partial charge in [-0.15, -0.1) is 0 Å². The van der Waals surface area contributed by atoms with Gasteiger partial charge in [-0.2, -0.15) is 0 Å². The second-order valence-corrected chi connectivity index (χ2v) is 5.13. The molecule has 0 bridgehead atoms. The first-order chi connectivity index (χ1) is 9.54. The maximum absolute atomic E-state index is 12.0. The second-order valence-electron chi connectivity index (χ2n) is 4.70. The minimum absolute atomic E-state index is 0.136. The molecule has 112 valence electrons. The van der Waals surface area contributed by atoms with E-state index in [1.807, 2.05) is 11.5 Å². The Bertz CT molecular complexity index is 457. The SMILES string of the molecule is CCCn1cc(Cl)cc1C(=O)NCCCCCC(=O)O. The quantitative estimate of drug-likeness (QED) is 0.689. The van der Waals surface area contributed by atoms with Crippen LogP contribution in [0.2, 0.25) is 5.02 Å². The van der Waals surface area contributed by atoms with E-state index >= 15 is 0 Å². The van der Waals surface area contributed by atoms with Crippen molar-refractivity contribution in [2.45, 2.75) is 45.6 Å². The Kier molecular flexibility index (Phi) is 7.15. The van der Waals surface area contributed by atoms with Gasteiger partial charge in [0.05, 0.1) is 5.02 Å². The molecule has 0 radical (unpaired) electrons. The lowest BCUT2D eigenvalue weighted by Crippen LogP contribution is -2.26. The second kappa shape index (κ2) is 8.64. The third-order valence-corrected chi connectivity index (χ3v) is 3.12. The molecule has 1 amide bonds. The summed E-state index contributed by atoms with van der Waals surface area (Å²) in [5.41, 5.74) is 0.572. The van der Waals surface area contributed by atoms with Crippen LogP contribution < -0.4 is 5.32 Å². The zero-order chi connectivity index (χ0) is 15.0. The van der Waals surface area contributed by atoms with Crippen LogP contribution in [0.25, 0.3) is 0 Å². The largest absolute Gasteiger partial charge is 0.481 e. The lowest BCUT2D eigenvalue weighted by molar-refractivity contribution is -0.137. The molecule has 0 aliphatic heterocycles. The molecule has 6 heteroatoms. The Hall–Kier alpha value is -1.49. The van der Waals surface area contributed by atoms with E-state index < -0.39 is 5.97 Å². The van der Waals surface area contributed by atoms with Gasteiger partial charge in [-0.3, -0.25) is 9.59 Å². The van der Waals surface area contributed by atoms with Gasteiger partial charge in [-0.25, -0.2) is 0 Å². The number of aryl methyl sites for hydroxylation is 1. The van der Waals surface area contributed by atoms with Crippen LogP contribution >= 0.6 is 11.6 Å². The summed E-state index contributed by atoms with van der Waals surface area (Å²) in [7, 11) is 0. The van der Waals surface area contributed by atoms with Crippen LogP contribution in [0.4, 0.5) is 0 Å². The van der Waals surface area contributed by atoms with Gasteiger partial charge in [0.25, 0.3) is 5.91 Å². The van der Waals surface area contributed by atoms with Crippen molar-refractivity contribution in [2.24, 2.45) is 0 Å². The highest BCUT2D eigenvalue weighted by Gasteiger charge is 2.12. The summed E-state index contributed by atoms with van der Waals surface area (Å²) >= 11 is 5.92. The van der Waals surface area contributed by atoms with Crippen LogP contribution in [0.3, 0.4) is 0 Å². The summed E-state index contributed by atoms with van der Waals surface area (Å²) in [6, 6.07) is 1.66. The number of carboxylic acid groups (broad SMARTS) is 1. The molecule has 0 aliphatic carbocycles. The minimum atomic E-state index is -0.777. The molecule has 1 aromatic heterocycles. The van der Waals surface area contributed by atoms with E-state index in [-0.39, 0.29) is 12.3 Å². The summed E-state index contributed by atoms with van der Waals surface area (Å²) < 4.78 is 1.85. The Labute approximate surface area is 123 Å². The fourth-order valence-corrected chi connectivity index (χ4v) is 2.18. The first kappa shape index (κ1) is 16.6. The van der Waals surface area contributed by atoms with Gasteiger partial charge in [-0.1, -0.05) is 24.9 Å². The van der Waals surface area contributed by atoms with Crippen LogP contribution in [-0.2, 0) is 11.3 Å². The topological polar surface area (TPSA) is 71.3 Å². The van der Waals surface area contributed by atoms with Crippen molar-refractivity contribution >= 4 is 23.5 Å². The van der Waals surface area contributed by atoms with Crippen LogP contribution in [0.5, 0.6) is 0 Å². The van der Waals surface area contributed by atoms with Gasteiger partial charge >= 0.3 is 5.97 Å². The molecule has 0 atom stereocenters. The zero-order valence-electron chi connectivity index (χ0n) is 11.7. The first-order valence-corrected chi connectivity index (χ1v) is 7.28. The Morgan fingerprint density at radius 1 is 1.35 bits per heavy atom. The molecule has 0 unspecified atom stereocenters. The highest BCUT2D eigenvalue weighted by molar-refractivity contribution is 6.31. The van der Waals surface area contributed by atoms with Crippen molar-refractivity contribution in [3.05, 3.63) is 23.0 Å². The number of aromatic nitrogens is 1. The zero-order valence-corrected chi connectivity index (χ0v) is 12.4. The third-order valence-electron chi connectivity index (χ3n) is 2.91. The van der Waals surface area contributed by atoms with Gasteiger partial charge in [-0.05, 0) is 25.3 Å². The summed E-state index contributed by atoms with van der Waals surface area (Å²) in [6.07, 6.45) is 5.09. The molecular weight excluding hydrogens is 280 g/mol. The van der Waals surface area contributed by atoms with Gasteiger partial charge in [0, 0.05) is 25.7 Å². The molecule has 0 fully saturated rings. The molecule has 0 spiro atoms. The van der Waals surface area contributed by atoms with Gasteiger partial charge in [0.1, 0.15) is 5.69 Å². The predicted octanol–water partition coefficient (Wildman–Crippen LogP) is 2.93. The standard InChI is InChI=1S/C14H21ClN2O3/c1-2-8-17-10-11(15)9-12(17)14(20)16-7-5-3-4-6-13(18)19/h9-10H,2-8H2,1H3,(H,16,20)(H,18,19). The average Bonchev–Trinajstić information content (AvgIpc) is 2.74. The number of unbranched alkanes of at least 4 members (excludes halogenated alkanes) is 2. The van der Waals surface area contributed by atoms with E-state index in [0.29, 0.717) is 23.7 Å². The number of hydrogen-bond donors (Lipinski definition) is 2. The van der Waals surface area contributed by atoms with Crippen molar-refractivity contribution in [1.29, 1.82) is 0 Å². The number of halogens is 1. The molecule has 0 aromatic carbocycles. The summed E-state index contributed by atoms with van der Waals surface area (Å²) in [6.45, 7) is 3.35. The molecule has 0 saturated heterocycles. The highest BCUT2D eigenvalue weighted by Crippen LogP contribution is 2.14. The molecule has 5 nitrogen and oxygen atoms in total. The normalized spacial score (nSPS) is 10.5. The molecule has 20 heavy (non-hydrogen) atoms. The van der Waals surface area contributed by atoms with Crippen LogP contribution in [0.1, 0.15) is 49.5 Å². The smallest absolute Gasteiger partial charge is 0.303 e. The van der Waals surface area contributed by atoms with Crippen molar-refractivity contribution in [3.63, 3.8) is 0 Å². The van der Waals surface area contributed by atoms with Crippen molar-refractivity contribution in [2.75, 3.05) is 6.54 Å². The van der Waals surface area contributed by atoms with E-state index in [2.05, 4.69) is 5.32 Å². The Balaban J connectivity index is 2.34. The molecule has 0 saturated carbocycles. The van der Waals surface area contributed by atoms with E-state index in [9.17, 15) is 9.59 Å². The third kappa shape index (κ3) is 5.65.